The predicted molar refractivity (Wildman–Crippen MR) is 22.9 cm³/mol. The summed E-state index contributed by atoms with van der Waals surface area (Å²) in [5, 5.41) is 0. The first-order valence-corrected chi connectivity index (χ1v) is 1.82. The largest absolute Gasteiger partial charge is 0.0808 e. The van der Waals surface area contributed by atoms with Crippen molar-refractivity contribution in [3.63, 3.8) is 0 Å². The van der Waals surface area contributed by atoms with Gasteiger partial charge in [-0.25, -0.2) is 0 Å². The van der Waals surface area contributed by atoms with Crippen LogP contribution in [0.2, 0.25) is 0 Å². The van der Waals surface area contributed by atoms with E-state index in [0.29, 0.717) is 0 Å². The van der Waals surface area contributed by atoms with Crippen molar-refractivity contribution in [1.29, 1.82) is 0 Å². The first-order valence-electron chi connectivity index (χ1n) is 1.82. The van der Waals surface area contributed by atoms with Gasteiger partial charge in [-0.1, -0.05) is 24.3 Å². The van der Waals surface area contributed by atoms with Crippen molar-refractivity contribution in [2.45, 2.75) is 6.42 Å². The summed E-state index contributed by atoms with van der Waals surface area (Å²) in [6.07, 6.45) is 9.50. The Labute approximate surface area is 56.7 Å². The molecule has 0 unspecified atom stereocenters. The Morgan fingerprint density at radius 1 is 1.00 bits per heavy atom. The molecule has 0 fully saturated rings. The van der Waals surface area contributed by atoms with Gasteiger partial charge in [-0.15, -0.1) is 0 Å². The SMILES string of the molecule is C1=CCC=C1.[Hf]. The quantitative estimate of drug-likeness (QED) is 0.567. The Bertz CT molecular complexity index is 62.0. The Balaban J connectivity index is 0.000000250. The van der Waals surface area contributed by atoms with Crippen molar-refractivity contribution < 1.29 is 25.8 Å². The van der Waals surface area contributed by atoms with Crippen LogP contribution < -0.4 is 0 Å². The molecule has 0 bridgehead atoms. The van der Waals surface area contributed by atoms with Crippen LogP contribution >= 0.6 is 0 Å². The van der Waals surface area contributed by atoms with Crippen molar-refractivity contribution in [3.8, 4) is 0 Å². The zero-order chi connectivity index (χ0) is 3.54. The average molecular weight is 245 g/mol. The van der Waals surface area contributed by atoms with Crippen molar-refractivity contribution in [1.82, 2.24) is 0 Å². The molecule has 1 heteroatoms. The van der Waals surface area contributed by atoms with E-state index in [4.69, 9.17) is 0 Å². The molecule has 0 aliphatic heterocycles. The summed E-state index contributed by atoms with van der Waals surface area (Å²) in [5.41, 5.74) is 0. The molecule has 0 heterocycles. The summed E-state index contributed by atoms with van der Waals surface area (Å²) in [7, 11) is 0. The molecule has 0 N–H and O–H groups in total. The van der Waals surface area contributed by atoms with E-state index >= 15 is 0 Å². The van der Waals surface area contributed by atoms with Gasteiger partial charge in [-0.3, -0.25) is 0 Å². The second-order valence-electron chi connectivity index (χ2n) is 1.09. The van der Waals surface area contributed by atoms with Crippen molar-refractivity contribution in [3.05, 3.63) is 24.3 Å². The number of hydrogen-bond acceptors (Lipinski definition) is 0. The molecule has 0 radical (unpaired) electrons. The Kier molecular flexibility index (Phi) is 3.74. The van der Waals surface area contributed by atoms with Crippen molar-refractivity contribution >= 4 is 0 Å². The summed E-state index contributed by atoms with van der Waals surface area (Å²) < 4.78 is 0. The van der Waals surface area contributed by atoms with Gasteiger partial charge in [0.1, 0.15) is 0 Å². The van der Waals surface area contributed by atoms with E-state index in [1.807, 2.05) is 0 Å². The van der Waals surface area contributed by atoms with E-state index in [1.165, 1.54) is 0 Å². The van der Waals surface area contributed by atoms with E-state index in [2.05, 4.69) is 24.3 Å². The first kappa shape index (κ1) is 6.35. The summed E-state index contributed by atoms with van der Waals surface area (Å²) >= 11 is 0. The molecule has 0 saturated heterocycles. The maximum atomic E-state index is 2.12. The molecule has 30 valence electrons. The van der Waals surface area contributed by atoms with Gasteiger partial charge < -0.3 is 0 Å². The van der Waals surface area contributed by atoms with E-state index < -0.39 is 0 Å². The van der Waals surface area contributed by atoms with Crippen LogP contribution in [0, 0.1) is 0 Å². The van der Waals surface area contributed by atoms with E-state index in [-0.39, 0.29) is 25.8 Å². The molecule has 0 atom stereocenters. The van der Waals surface area contributed by atoms with Crippen LogP contribution in [-0.4, -0.2) is 0 Å². The Morgan fingerprint density at radius 2 is 1.50 bits per heavy atom. The number of allylic oxidation sites excluding steroid dienone is 4. The normalized spacial score (nSPS) is 14.7. The van der Waals surface area contributed by atoms with Crippen LogP contribution in [0.5, 0.6) is 0 Å². The molecule has 0 saturated carbocycles. The minimum atomic E-state index is 0. The summed E-state index contributed by atoms with van der Waals surface area (Å²) in [6, 6.07) is 0. The van der Waals surface area contributed by atoms with Crippen LogP contribution in [0.3, 0.4) is 0 Å². The van der Waals surface area contributed by atoms with Crippen LogP contribution in [0.15, 0.2) is 24.3 Å². The monoisotopic (exact) mass is 246 g/mol. The number of hydrogen-bond donors (Lipinski definition) is 0. The summed E-state index contributed by atoms with van der Waals surface area (Å²) in [4.78, 5) is 0. The third-order valence-corrected chi connectivity index (χ3v) is 0.655. The minimum Gasteiger partial charge on any atom is -0.0808 e. The molecule has 0 nitrogen and oxygen atoms in total. The minimum absolute atomic E-state index is 0. The maximum Gasteiger partial charge on any atom is 0 e. The topological polar surface area (TPSA) is 0 Å². The molecular formula is C5H6Hf. The van der Waals surface area contributed by atoms with Gasteiger partial charge in [0, 0.05) is 25.8 Å². The summed E-state index contributed by atoms with van der Waals surface area (Å²) in [5.74, 6) is 0. The molecule has 6 heavy (non-hydrogen) atoms. The zero-order valence-corrected chi connectivity index (χ0v) is 7.11. The third kappa shape index (κ3) is 1.71. The molecular weight excluding hydrogens is 239 g/mol. The second-order valence-corrected chi connectivity index (χ2v) is 1.09. The van der Waals surface area contributed by atoms with Crippen LogP contribution in [0.4, 0.5) is 0 Å². The first-order chi connectivity index (χ1) is 2.50. The van der Waals surface area contributed by atoms with Gasteiger partial charge in [-0.05, 0) is 6.42 Å². The van der Waals surface area contributed by atoms with Gasteiger partial charge in [0.25, 0.3) is 0 Å². The van der Waals surface area contributed by atoms with E-state index in [1.54, 1.807) is 0 Å². The molecule has 0 spiro atoms. The molecule has 0 amide bonds. The van der Waals surface area contributed by atoms with Gasteiger partial charge in [0.2, 0.25) is 0 Å². The molecule has 1 aliphatic rings. The fourth-order valence-corrected chi connectivity index (χ4v) is 0.393. The standard InChI is InChI=1S/C5H6.Hf/c1-2-4-5-3-1;/h1-4H,5H2;. The van der Waals surface area contributed by atoms with Crippen LogP contribution in [0.25, 0.3) is 0 Å². The molecule has 1 aliphatic carbocycles. The fourth-order valence-electron chi connectivity index (χ4n) is 0.393. The van der Waals surface area contributed by atoms with E-state index in [9.17, 15) is 0 Å². The molecule has 0 aromatic carbocycles. The van der Waals surface area contributed by atoms with E-state index in [0.717, 1.165) is 6.42 Å². The molecule has 1 rings (SSSR count). The van der Waals surface area contributed by atoms with Crippen LogP contribution in [0.1, 0.15) is 6.42 Å². The zero-order valence-electron chi connectivity index (χ0n) is 3.52. The Morgan fingerprint density at radius 3 is 1.67 bits per heavy atom. The second kappa shape index (κ2) is 3.54. The van der Waals surface area contributed by atoms with Gasteiger partial charge in [0.15, 0.2) is 0 Å². The smallest absolute Gasteiger partial charge is 0 e. The predicted octanol–water partition coefficient (Wildman–Crippen LogP) is 1.50. The van der Waals surface area contributed by atoms with Gasteiger partial charge in [0.05, 0.1) is 0 Å². The summed E-state index contributed by atoms with van der Waals surface area (Å²) in [6.45, 7) is 0. The van der Waals surface area contributed by atoms with Crippen molar-refractivity contribution in [2.24, 2.45) is 0 Å². The fraction of sp³-hybridized carbons (Fsp3) is 0.200. The Hall–Kier alpha value is 0.350. The maximum absolute atomic E-state index is 2.12. The van der Waals surface area contributed by atoms with Gasteiger partial charge >= 0.3 is 0 Å². The van der Waals surface area contributed by atoms with Crippen LogP contribution in [-0.2, 0) is 25.8 Å². The van der Waals surface area contributed by atoms with Gasteiger partial charge in [-0.2, -0.15) is 0 Å². The third-order valence-electron chi connectivity index (χ3n) is 0.655. The molecule has 0 aromatic heterocycles. The van der Waals surface area contributed by atoms with Crippen molar-refractivity contribution in [2.75, 3.05) is 0 Å². The number of rotatable bonds is 0. The molecule has 0 aromatic rings. The average Bonchev–Trinajstić information content (AvgIpc) is 1.76.